The number of amides is 1. The summed E-state index contributed by atoms with van der Waals surface area (Å²) in [6, 6.07) is 7.25. The van der Waals surface area contributed by atoms with E-state index in [0.717, 1.165) is 11.4 Å². The number of nitrogens with one attached hydrogen (secondary N) is 1. The second-order valence-corrected chi connectivity index (χ2v) is 3.69. The number of rotatable bonds is 5. The molecule has 0 spiro atoms. The van der Waals surface area contributed by atoms with Crippen LogP contribution in [-0.4, -0.2) is 13.0 Å². The van der Waals surface area contributed by atoms with E-state index in [1.807, 2.05) is 31.2 Å². The first-order chi connectivity index (χ1) is 7.65. The normalized spacial score (nSPS) is 11.6. The van der Waals surface area contributed by atoms with Gasteiger partial charge in [0.25, 0.3) is 0 Å². The molecule has 0 heterocycles. The topological polar surface area (TPSA) is 38.3 Å². The van der Waals surface area contributed by atoms with Crippen LogP contribution in [0.2, 0.25) is 0 Å². The lowest BCUT2D eigenvalue weighted by Gasteiger charge is -2.08. The van der Waals surface area contributed by atoms with E-state index < -0.39 is 0 Å². The maximum Gasteiger partial charge on any atom is 0.224 e. The van der Waals surface area contributed by atoms with Gasteiger partial charge >= 0.3 is 0 Å². The van der Waals surface area contributed by atoms with Crippen molar-refractivity contribution in [2.24, 2.45) is 5.92 Å². The van der Waals surface area contributed by atoms with Gasteiger partial charge < -0.3 is 10.1 Å². The molecule has 0 bridgehead atoms. The monoisotopic (exact) mass is 219 g/mol. The molecule has 3 nitrogen and oxygen atoms in total. The third-order valence-electron chi connectivity index (χ3n) is 2.28. The average molecular weight is 219 g/mol. The number of carbonyl (C=O) groups is 1. The van der Waals surface area contributed by atoms with E-state index in [-0.39, 0.29) is 11.8 Å². The predicted octanol–water partition coefficient (Wildman–Crippen LogP) is 2.85. The minimum atomic E-state index is -0.00225. The summed E-state index contributed by atoms with van der Waals surface area (Å²) in [4.78, 5) is 11.5. The number of allylic oxidation sites excluding steroid dienone is 1. The van der Waals surface area contributed by atoms with Gasteiger partial charge in [-0.3, -0.25) is 4.79 Å². The summed E-state index contributed by atoms with van der Waals surface area (Å²) in [6.45, 7) is 5.61. The second-order valence-electron chi connectivity index (χ2n) is 3.69. The second kappa shape index (κ2) is 5.95. The quantitative estimate of drug-likeness (QED) is 0.773. The van der Waals surface area contributed by atoms with Gasteiger partial charge in [-0.15, -0.1) is 6.58 Å². The molecule has 1 atom stereocenters. The van der Waals surface area contributed by atoms with Gasteiger partial charge in [0, 0.05) is 12.1 Å². The van der Waals surface area contributed by atoms with Crippen LogP contribution < -0.4 is 10.1 Å². The van der Waals surface area contributed by atoms with Crippen molar-refractivity contribution in [3.8, 4) is 5.75 Å². The lowest BCUT2D eigenvalue weighted by atomic mass is 10.1. The number of carbonyl (C=O) groups excluding carboxylic acids is 1. The number of ether oxygens (including phenoxy) is 1. The van der Waals surface area contributed by atoms with Crippen LogP contribution in [0.15, 0.2) is 36.9 Å². The molecule has 1 rings (SSSR count). The van der Waals surface area contributed by atoms with Crippen molar-refractivity contribution in [1.29, 1.82) is 0 Å². The molecule has 0 radical (unpaired) electrons. The molecule has 1 aromatic carbocycles. The highest BCUT2D eigenvalue weighted by Gasteiger charge is 2.06. The van der Waals surface area contributed by atoms with Crippen molar-refractivity contribution in [2.45, 2.75) is 13.3 Å². The third-order valence-corrected chi connectivity index (χ3v) is 2.28. The summed E-state index contributed by atoms with van der Waals surface area (Å²) in [6.07, 6.45) is 2.23. The maximum atomic E-state index is 11.5. The Labute approximate surface area is 96.1 Å². The average Bonchev–Trinajstić information content (AvgIpc) is 2.29. The zero-order valence-electron chi connectivity index (χ0n) is 9.69. The summed E-state index contributed by atoms with van der Waals surface area (Å²) in [5, 5.41) is 2.82. The first-order valence-electron chi connectivity index (χ1n) is 5.22. The Bertz CT molecular complexity index is 357. The Kier molecular flexibility index (Phi) is 4.58. The van der Waals surface area contributed by atoms with Gasteiger partial charge in [0.05, 0.1) is 7.11 Å². The molecule has 86 valence electrons. The van der Waals surface area contributed by atoms with Crippen molar-refractivity contribution < 1.29 is 9.53 Å². The van der Waals surface area contributed by atoms with E-state index in [0.29, 0.717) is 6.42 Å². The smallest absolute Gasteiger partial charge is 0.224 e. The van der Waals surface area contributed by atoms with Crippen LogP contribution in [0.5, 0.6) is 5.75 Å². The summed E-state index contributed by atoms with van der Waals surface area (Å²) < 4.78 is 5.03. The van der Waals surface area contributed by atoms with Crippen LogP contribution in [0.1, 0.15) is 13.3 Å². The SMILES string of the molecule is C=CC(C)CC(=O)Nc1ccc(OC)cc1. The maximum absolute atomic E-state index is 11.5. The highest BCUT2D eigenvalue weighted by Crippen LogP contribution is 2.15. The van der Waals surface area contributed by atoms with Crippen molar-refractivity contribution >= 4 is 11.6 Å². The van der Waals surface area contributed by atoms with Gasteiger partial charge in [-0.05, 0) is 30.2 Å². The lowest BCUT2D eigenvalue weighted by Crippen LogP contribution is -2.14. The summed E-state index contributed by atoms with van der Waals surface area (Å²) >= 11 is 0. The lowest BCUT2D eigenvalue weighted by molar-refractivity contribution is -0.116. The zero-order chi connectivity index (χ0) is 12.0. The van der Waals surface area contributed by atoms with Gasteiger partial charge in [0.2, 0.25) is 5.91 Å². The fourth-order valence-electron chi connectivity index (χ4n) is 1.26. The van der Waals surface area contributed by atoms with Crippen molar-refractivity contribution in [2.75, 3.05) is 12.4 Å². The number of methoxy groups -OCH3 is 1. The highest BCUT2D eigenvalue weighted by molar-refractivity contribution is 5.90. The molecule has 1 N–H and O–H groups in total. The molecule has 1 aromatic rings. The molecule has 1 unspecified atom stereocenters. The van der Waals surface area contributed by atoms with E-state index in [4.69, 9.17) is 4.74 Å². The minimum absolute atomic E-state index is 0.00225. The molecular weight excluding hydrogens is 202 g/mol. The first kappa shape index (κ1) is 12.3. The van der Waals surface area contributed by atoms with Crippen LogP contribution in [0, 0.1) is 5.92 Å². The molecule has 1 amide bonds. The zero-order valence-corrected chi connectivity index (χ0v) is 9.69. The number of benzene rings is 1. The van der Waals surface area contributed by atoms with Gasteiger partial charge in [-0.1, -0.05) is 13.0 Å². The van der Waals surface area contributed by atoms with E-state index in [1.54, 1.807) is 13.2 Å². The number of anilines is 1. The van der Waals surface area contributed by atoms with Gasteiger partial charge in [-0.2, -0.15) is 0 Å². The van der Waals surface area contributed by atoms with Crippen LogP contribution in [0.4, 0.5) is 5.69 Å². The van der Waals surface area contributed by atoms with Crippen LogP contribution >= 0.6 is 0 Å². The molecule has 0 aliphatic carbocycles. The molecule has 0 saturated heterocycles. The fourth-order valence-corrected chi connectivity index (χ4v) is 1.26. The summed E-state index contributed by atoms with van der Waals surface area (Å²) in [7, 11) is 1.61. The van der Waals surface area contributed by atoms with E-state index in [9.17, 15) is 4.79 Å². The highest BCUT2D eigenvalue weighted by atomic mass is 16.5. The van der Waals surface area contributed by atoms with Gasteiger partial charge in [-0.25, -0.2) is 0 Å². The molecule has 0 aliphatic heterocycles. The van der Waals surface area contributed by atoms with E-state index in [2.05, 4.69) is 11.9 Å². The van der Waals surface area contributed by atoms with E-state index >= 15 is 0 Å². The van der Waals surface area contributed by atoms with Crippen molar-refractivity contribution in [3.05, 3.63) is 36.9 Å². The molecule has 0 aliphatic rings. The standard InChI is InChI=1S/C13H17NO2/c1-4-10(2)9-13(15)14-11-5-7-12(16-3)8-6-11/h4-8,10H,1,9H2,2-3H3,(H,14,15). The fraction of sp³-hybridized carbons (Fsp3) is 0.308. The molecule has 3 heteroatoms. The largest absolute Gasteiger partial charge is 0.497 e. The predicted molar refractivity (Wildman–Crippen MR) is 65.6 cm³/mol. The van der Waals surface area contributed by atoms with Crippen LogP contribution in [0.25, 0.3) is 0 Å². The minimum Gasteiger partial charge on any atom is -0.497 e. The van der Waals surface area contributed by atoms with Crippen LogP contribution in [-0.2, 0) is 4.79 Å². The Morgan fingerprint density at radius 2 is 2.12 bits per heavy atom. The Balaban J connectivity index is 2.52. The van der Waals surface area contributed by atoms with Crippen molar-refractivity contribution in [1.82, 2.24) is 0 Å². The van der Waals surface area contributed by atoms with Crippen LogP contribution in [0.3, 0.4) is 0 Å². The van der Waals surface area contributed by atoms with Gasteiger partial charge in [0.15, 0.2) is 0 Å². The van der Waals surface area contributed by atoms with E-state index in [1.165, 1.54) is 0 Å². The Morgan fingerprint density at radius 1 is 1.50 bits per heavy atom. The molecule has 0 saturated carbocycles. The third kappa shape index (κ3) is 3.77. The van der Waals surface area contributed by atoms with Crippen molar-refractivity contribution in [3.63, 3.8) is 0 Å². The number of hydrogen-bond donors (Lipinski definition) is 1. The molecule has 0 aromatic heterocycles. The summed E-state index contributed by atoms with van der Waals surface area (Å²) in [5.41, 5.74) is 0.780. The number of hydrogen-bond acceptors (Lipinski definition) is 2. The molecular formula is C13H17NO2. The summed E-state index contributed by atoms with van der Waals surface area (Å²) in [5.74, 6) is 0.966. The molecule has 0 fully saturated rings. The molecule has 16 heavy (non-hydrogen) atoms. The van der Waals surface area contributed by atoms with Gasteiger partial charge in [0.1, 0.15) is 5.75 Å². The Morgan fingerprint density at radius 3 is 2.62 bits per heavy atom. The first-order valence-corrected chi connectivity index (χ1v) is 5.22. The Hall–Kier alpha value is -1.77.